The molecular weight excluding hydrogens is 352 g/mol. The van der Waals surface area contributed by atoms with Gasteiger partial charge in [0.2, 0.25) is 0 Å². The molecule has 25 heavy (non-hydrogen) atoms. The number of hydrogen-bond acceptors (Lipinski definition) is 4. The number of oxime groups is 1. The molecule has 0 saturated carbocycles. The smallest absolute Gasteiger partial charge is 0.367 e. The van der Waals surface area contributed by atoms with Crippen molar-refractivity contribution in [2.24, 2.45) is 11.1 Å². The van der Waals surface area contributed by atoms with E-state index in [0.29, 0.717) is 24.3 Å². The standard InChI is InChI=1S/C18H14ClF2NO3/c1-9-4-10-6-11(23)2-3-12(10)17(5-9)22-25-18(24)13-7-15(20)16(21)8-14(13)19/h2-3,6-9,23H,4-5H2,1H3. The third-order valence-electron chi connectivity index (χ3n) is 3.98. The van der Waals surface area contributed by atoms with E-state index < -0.39 is 17.6 Å². The van der Waals surface area contributed by atoms with Gasteiger partial charge >= 0.3 is 5.97 Å². The average Bonchev–Trinajstić information content (AvgIpc) is 2.55. The van der Waals surface area contributed by atoms with E-state index >= 15 is 0 Å². The predicted molar refractivity (Wildman–Crippen MR) is 88.9 cm³/mol. The largest absolute Gasteiger partial charge is 0.508 e. The van der Waals surface area contributed by atoms with Crippen LogP contribution in [-0.4, -0.2) is 16.8 Å². The van der Waals surface area contributed by atoms with Gasteiger partial charge in [0.15, 0.2) is 11.6 Å². The van der Waals surface area contributed by atoms with E-state index in [1.54, 1.807) is 12.1 Å². The highest BCUT2D eigenvalue weighted by atomic mass is 35.5. The third kappa shape index (κ3) is 3.64. The van der Waals surface area contributed by atoms with Crippen LogP contribution in [0.4, 0.5) is 8.78 Å². The molecule has 1 atom stereocenters. The van der Waals surface area contributed by atoms with Crippen LogP contribution in [0.5, 0.6) is 5.75 Å². The Balaban J connectivity index is 1.87. The molecule has 0 aromatic heterocycles. The second-order valence-corrected chi connectivity index (χ2v) is 6.42. The summed E-state index contributed by atoms with van der Waals surface area (Å²) in [6, 6.07) is 6.26. The molecule has 2 aromatic rings. The molecule has 1 unspecified atom stereocenters. The molecule has 0 saturated heterocycles. The number of carbonyl (C=O) groups is 1. The number of benzene rings is 2. The Kier molecular flexibility index (Phi) is 4.72. The minimum atomic E-state index is -1.20. The third-order valence-corrected chi connectivity index (χ3v) is 4.29. The summed E-state index contributed by atoms with van der Waals surface area (Å²) >= 11 is 5.76. The molecule has 0 amide bonds. The van der Waals surface area contributed by atoms with Crippen LogP contribution in [0.2, 0.25) is 5.02 Å². The van der Waals surface area contributed by atoms with Gasteiger partial charge in [0, 0.05) is 5.56 Å². The Bertz CT molecular complexity index is 883. The molecule has 0 bridgehead atoms. The number of hydrogen-bond donors (Lipinski definition) is 1. The van der Waals surface area contributed by atoms with Gasteiger partial charge in [-0.3, -0.25) is 0 Å². The van der Waals surface area contributed by atoms with Crippen LogP contribution in [0.3, 0.4) is 0 Å². The van der Waals surface area contributed by atoms with Crippen molar-refractivity contribution in [1.82, 2.24) is 0 Å². The van der Waals surface area contributed by atoms with Crippen LogP contribution in [0, 0.1) is 17.6 Å². The minimum Gasteiger partial charge on any atom is -0.508 e. The first-order valence-corrected chi connectivity index (χ1v) is 7.98. The van der Waals surface area contributed by atoms with Gasteiger partial charge < -0.3 is 9.94 Å². The van der Waals surface area contributed by atoms with Gasteiger partial charge in [0.25, 0.3) is 0 Å². The molecular formula is C18H14ClF2NO3. The summed E-state index contributed by atoms with van der Waals surface area (Å²) in [5.74, 6) is -2.93. The highest BCUT2D eigenvalue weighted by Crippen LogP contribution is 2.29. The average molecular weight is 366 g/mol. The molecule has 7 heteroatoms. The fourth-order valence-corrected chi connectivity index (χ4v) is 3.06. The Morgan fingerprint density at radius 3 is 2.72 bits per heavy atom. The first-order chi connectivity index (χ1) is 11.8. The van der Waals surface area contributed by atoms with Crippen molar-refractivity contribution in [3.05, 3.63) is 63.7 Å². The van der Waals surface area contributed by atoms with Gasteiger partial charge in [-0.1, -0.05) is 23.7 Å². The predicted octanol–water partition coefficient (Wildman–Crippen LogP) is 4.47. The first kappa shape index (κ1) is 17.4. The summed E-state index contributed by atoms with van der Waals surface area (Å²) in [7, 11) is 0. The minimum absolute atomic E-state index is 0.151. The maximum Gasteiger partial charge on any atom is 0.367 e. The summed E-state index contributed by atoms with van der Waals surface area (Å²) < 4.78 is 26.4. The Hall–Kier alpha value is -2.47. The number of halogens is 3. The molecule has 130 valence electrons. The van der Waals surface area contributed by atoms with E-state index in [0.717, 1.165) is 17.5 Å². The Morgan fingerprint density at radius 2 is 1.96 bits per heavy atom. The van der Waals surface area contributed by atoms with Crippen molar-refractivity contribution in [2.75, 3.05) is 0 Å². The first-order valence-electron chi connectivity index (χ1n) is 7.60. The lowest BCUT2D eigenvalue weighted by Crippen LogP contribution is -2.19. The number of fused-ring (bicyclic) bond motifs is 1. The maximum atomic E-state index is 13.3. The van der Waals surface area contributed by atoms with Crippen molar-refractivity contribution >= 4 is 23.3 Å². The molecule has 0 fully saturated rings. The summed E-state index contributed by atoms with van der Waals surface area (Å²) in [4.78, 5) is 17.0. The lowest BCUT2D eigenvalue weighted by Gasteiger charge is -2.22. The molecule has 0 spiro atoms. The quantitative estimate of drug-likeness (QED) is 0.485. The van der Waals surface area contributed by atoms with Crippen LogP contribution in [0.25, 0.3) is 0 Å². The van der Waals surface area contributed by atoms with E-state index in [-0.39, 0.29) is 22.3 Å². The zero-order valence-electron chi connectivity index (χ0n) is 13.2. The molecule has 1 aliphatic carbocycles. The highest BCUT2D eigenvalue weighted by Gasteiger charge is 2.23. The number of phenolic OH excluding ortho intramolecular Hbond substituents is 1. The summed E-state index contributed by atoms with van der Waals surface area (Å²) in [6.45, 7) is 2.01. The van der Waals surface area contributed by atoms with Gasteiger partial charge in [-0.2, -0.15) is 0 Å². The van der Waals surface area contributed by atoms with Crippen molar-refractivity contribution < 1.29 is 23.5 Å². The SMILES string of the molecule is CC1CC(=NOC(=O)c2cc(F)c(F)cc2Cl)c2ccc(O)cc2C1. The zero-order chi connectivity index (χ0) is 18.1. The van der Waals surface area contributed by atoms with E-state index in [1.807, 2.05) is 6.92 Å². The molecule has 1 aliphatic rings. The zero-order valence-corrected chi connectivity index (χ0v) is 14.0. The monoisotopic (exact) mass is 365 g/mol. The van der Waals surface area contributed by atoms with Crippen molar-refractivity contribution in [1.29, 1.82) is 0 Å². The van der Waals surface area contributed by atoms with Gasteiger partial charge in [-0.25, -0.2) is 13.6 Å². The molecule has 3 rings (SSSR count). The normalized spacial score (nSPS) is 18.1. The van der Waals surface area contributed by atoms with Crippen LogP contribution in [0.1, 0.15) is 34.8 Å². The molecule has 0 heterocycles. The van der Waals surface area contributed by atoms with Gasteiger partial charge in [0.1, 0.15) is 5.75 Å². The van der Waals surface area contributed by atoms with Crippen LogP contribution < -0.4 is 0 Å². The van der Waals surface area contributed by atoms with Gasteiger partial charge in [0.05, 0.1) is 16.3 Å². The van der Waals surface area contributed by atoms with Gasteiger partial charge in [-0.15, -0.1) is 0 Å². The summed E-state index contributed by atoms with van der Waals surface area (Å²) in [5, 5.41) is 13.2. The number of aromatic hydroxyl groups is 1. The fourth-order valence-electron chi connectivity index (χ4n) is 2.83. The number of carbonyl (C=O) groups excluding carboxylic acids is 1. The summed E-state index contributed by atoms with van der Waals surface area (Å²) in [6.07, 6.45) is 1.35. The highest BCUT2D eigenvalue weighted by molar-refractivity contribution is 6.33. The Labute approximate surface area is 147 Å². The van der Waals surface area contributed by atoms with Crippen molar-refractivity contribution in [3.8, 4) is 5.75 Å². The van der Waals surface area contributed by atoms with Crippen LogP contribution >= 0.6 is 11.6 Å². The second kappa shape index (κ2) is 6.80. The maximum absolute atomic E-state index is 13.3. The number of nitrogens with zero attached hydrogens (tertiary/aromatic N) is 1. The van der Waals surface area contributed by atoms with E-state index in [9.17, 15) is 18.7 Å². The fraction of sp³-hybridized carbons (Fsp3) is 0.222. The molecule has 0 aliphatic heterocycles. The van der Waals surface area contributed by atoms with E-state index in [4.69, 9.17) is 16.4 Å². The van der Waals surface area contributed by atoms with Crippen molar-refractivity contribution in [3.63, 3.8) is 0 Å². The second-order valence-electron chi connectivity index (χ2n) is 6.02. The molecule has 1 N–H and O–H groups in total. The van der Waals surface area contributed by atoms with Gasteiger partial charge in [-0.05, 0) is 54.7 Å². The lowest BCUT2D eigenvalue weighted by molar-refractivity contribution is 0.0514. The van der Waals surface area contributed by atoms with Crippen LogP contribution in [-0.2, 0) is 11.3 Å². The molecule has 0 radical (unpaired) electrons. The van der Waals surface area contributed by atoms with E-state index in [2.05, 4.69) is 5.16 Å². The van der Waals surface area contributed by atoms with Crippen molar-refractivity contribution in [2.45, 2.75) is 19.8 Å². The molecule has 2 aromatic carbocycles. The number of phenols is 1. The van der Waals surface area contributed by atoms with Crippen LogP contribution in [0.15, 0.2) is 35.5 Å². The Morgan fingerprint density at radius 1 is 1.24 bits per heavy atom. The lowest BCUT2D eigenvalue weighted by atomic mass is 9.83. The molecule has 4 nitrogen and oxygen atoms in total. The number of rotatable bonds is 2. The van der Waals surface area contributed by atoms with E-state index in [1.165, 1.54) is 6.07 Å². The summed E-state index contributed by atoms with van der Waals surface area (Å²) in [5.41, 5.74) is 1.92. The topological polar surface area (TPSA) is 58.9 Å².